The smallest absolute Gasteiger partial charge is 0.305 e. The number of carboxylic acid groups (broad SMARTS) is 1. The van der Waals surface area contributed by atoms with Gasteiger partial charge in [0.2, 0.25) is 0 Å². The van der Waals surface area contributed by atoms with Crippen LogP contribution in [0.25, 0.3) is 0 Å². The quantitative estimate of drug-likeness (QED) is 0.850. The Balaban J connectivity index is 1.97. The summed E-state index contributed by atoms with van der Waals surface area (Å²) >= 11 is 6.05. The highest BCUT2D eigenvalue weighted by atomic mass is 35.5. The van der Waals surface area contributed by atoms with Gasteiger partial charge in [-0.15, -0.1) is 0 Å². The summed E-state index contributed by atoms with van der Waals surface area (Å²) < 4.78 is 5.42. The number of carbonyl (C=O) groups is 1. The number of aliphatic imine (C=N–C) groups is 1. The molecule has 0 fully saturated rings. The number of halogens is 1. The molecule has 0 aliphatic carbocycles. The van der Waals surface area contributed by atoms with E-state index in [1.807, 2.05) is 37.3 Å². The van der Waals surface area contributed by atoms with Gasteiger partial charge in [-0.3, -0.25) is 9.79 Å². The van der Waals surface area contributed by atoms with E-state index in [1.54, 1.807) is 19.2 Å². The van der Waals surface area contributed by atoms with Crippen LogP contribution >= 0.6 is 11.6 Å². The molecule has 2 atom stereocenters. The summed E-state index contributed by atoms with van der Waals surface area (Å²) in [6, 6.07) is 12.5. The van der Waals surface area contributed by atoms with Crippen molar-refractivity contribution in [3.05, 3.63) is 64.2 Å². The summed E-state index contributed by atoms with van der Waals surface area (Å²) in [6.45, 7) is 1.90. The SMILES string of the molecule is COc1ccc2c(c1)C(c1ccc(Cl)cc1)=NC(CC(=O)O)C1=NN=C(C)C12. The number of fused-ring (bicyclic) bond motifs is 3. The van der Waals surface area contributed by atoms with E-state index in [2.05, 4.69) is 10.2 Å². The number of methoxy groups -OCH3 is 1. The summed E-state index contributed by atoms with van der Waals surface area (Å²) in [6.07, 6.45) is -0.152. The molecule has 2 aliphatic heterocycles. The predicted octanol–water partition coefficient (Wildman–Crippen LogP) is 3.96. The van der Waals surface area contributed by atoms with Crippen molar-refractivity contribution in [2.24, 2.45) is 15.2 Å². The van der Waals surface area contributed by atoms with Crippen LogP contribution in [-0.2, 0) is 4.79 Å². The van der Waals surface area contributed by atoms with Crippen LogP contribution in [0.5, 0.6) is 5.75 Å². The zero-order valence-corrected chi connectivity index (χ0v) is 16.1. The number of aliphatic carboxylic acids is 1. The Morgan fingerprint density at radius 2 is 1.93 bits per heavy atom. The van der Waals surface area contributed by atoms with Gasteiger partial charge in [0.25, 0.3) is 0 Å². The molecule has 2 unspecified atom stereocenters. The summed E-state index contributed by atoms with van der Waals surface area (Å²) in [5.74, 6) is -0.430. The summed E-state index contributed by atoms with van der Waals surface area (Å²) in [4.78, 5) is 16.4. The fourth-order valence-electron chi connectivity index (χ4n) is 3.67. The van der Waals surface area contributed by atoms with Crippen molar-refractivity contribution in [2.75, 3.05) is 7.11 Å². The van der Waals surface area contributed by atoms with Gasteiger partial charge < -0.3 is 9.84 Å². The molecule has 0 aromatic heterocycles. The maximum absolute atomic E-state index is 11.5. The molecule has 0 saturated heterocycles. The number of hydrogen-bond donors (Lipinski definition) is 1. The van der Waals surface area contributed by atoms with E-state index in [1.165, 1.54) is 0 Å². The first-order valence-corrected chi connectivity index (χ1v) is 9.21. The van der Waals surface area contributed by atoms with E-state index >= 15 is 0 Å². The lowest BCUT2D eigenvalue weighted by molar-refractivity contribution is -0.137. The summed E-state index contributed by atoms with van der Waals surface area (Å²) in [7, 11) is 1.61. The second-order valence-electron chi connectivity index (χ2n) is 6.75. The Hall–Kier alpha value is -2.99. The molecule has 2 aromatic rings. The predicted molar refractivity (Wildman–Crippen MR) is 109 cm³/mol. The Labute approximate surface area is 167 Å². The molecular formula is C21H18ClN3O3. The molecule has 2 aliphatic rings. The monoisotopic (exact) mass is 395 g/mol. The van der Waals surface area contributed by atoms with Crippen LogP contribution in [0.3, 0.4) is 0 Å². The molecule has 0 spiro atoms. The minimum absolute atomic E-state index is 0.152. The highest BCUT2D eigenvalue weighted by molar-refractivity contribution is 6.31. The molecule has 0 bridgehead atoms. The third kappa shape index (κ3) is 3.20. The van der Waals surface area contributed by atoms with Crippen molar-refractivity contribution in [3.8, 4) is 5.75 Å². The second-order valence-corrected chi connectivity index (χ2v) is 7.19. The lowest BCUT2D eigenvalue weighted by atomic mass is 9.84. The largest absolute Gasteiger partial charge is 0.497 e. The molecule has 28 heavy (non-hydrogen) atoms. The van der Waals surface area contributed by atoms with E-state index in [4.69, 9.17) is 21.3 Å². The van der Waals surface area contributed by atoms with Gasteiger partial charge in [-0.05, 0) is 36.8 Å². The average molecular weight is 396 g/mol. The van der Waals surface area contributed by atoms with Crippen molar-refractivity contribution in [3.63, 3.8) is 0 Å². The van der Waals surface area contributed by atoms with E-state index in [0.29, 0.717) is 22.2 Å². The first-order chi connectivity index (χ1) is 13.5. The van der Waals surface area contributed by atoms with Gasteiger partial charge in [0.15, 0.2) is 0 Å². The van der Waals surface area contributed by atoms with E-state index < -0.39 is 12.0 Å². The number of rotatable bonds is 4. The van der Waals surface area contributed by atoms with Crippen molar-refractivity contribution >= 4 is 34.7 Å². The van der Waals surface area contributed by atoms with E-state index in [-0.39, 0.29) is 12.3 Å². The molecule has 6 nitrogen and oxygen atoms in total. The molecule has 0 saturated carbocycles. The standard InChI is InChI=1S/C21H18ClN3O3/c1-11-19-15-8-7-14(28-2)9-16(15)20(12-3-5-13(22)6-4-12)23-17(10-18(26)27)21(19)25-24-11/h3-9,17,19H,10H2,1-2H3,(H,26,27). The van der Waals surface area contributed by atoms with Crippen molar-refractivity contribution in [1.29, 1.82) is 0 Å². The number of benzene rings is 2. The lowest BCUT2D eigenvalue weighted by Gasteiger charge is -2.17. The fraction of sp³-hybridized carbons (Fsp3) is 0.238. The number of hydrogen-bond acceptors (Lipinski definition) is 5. The number of nitrogens with zero attached hydrogens (tertiary/aromatic N) is 3. The fourth-order valence-corrected chi connectivity index (χ4v) is 3.80. The lowest BCUT2D eigenvalue weighted by Crippen LogP contribution is -2.28. The Kier molecular flexibility index (Phi) is 4.73. The van der Waals surface area contributed by atoms with Gasteiger partial charge in [-0.2, -0.15) is 10.2 Å². The van der Waals surface area contributed by atoms with Crippen molar-refractivity contribution in [2.45, 2.75) is 25.3 Å². The third-order valence-corrected chi connectivity index (χ3v) is 5.23. The van der Waals surface area contributed by atoms with Crippen LogP contribution in [0, 0.1) is 0 Å². The van der Waals surface area contributed by atoms with E-state index in [0.717, 1.165) is 22.4 Å². The highest BCUT2D eigenvalue weighted by Crippen LogP contribution is 2.36. The van der Waals surface area contributed by atoms with Crippen LogP contribution in [0.15, 0.2) is 57.7 Å². The van der Waals surface area contributed by atoms with Crippen LogP contribution < -0.4 is 4.74 Å². The van der Waals surface area contributed by atoms with Gasteiger partial charge in [0.05, 0.1) is 36.6 Å². The normalized spacial score (nSPS) is 20.3. The summed E-state index contributed by atoms with van der Waals surface area (Å²) in [5.41, 5.74) is 4.90. The third-order valence-electron chi connectivity index (χ3n) is 4.98. The maximum atomic E-state index is 11.5. The molecular weight excluding hydrogens is 378 g/mol. The van der Waals surface area contributed by atoms with Crippen molar-refractivity contribution < 1.29 is 14.6 Å². The zero-order valence-electron chi connectivity index (χ0n) is 15.4. The average Bonchev–Trinajstić information content (AvgIpc) is 3.00. The maximum Gasteiger partial charge on any atom is 0.305 e. The van der Waals surface area contributed by atoms with Crippen LogP contribution in [0.4, 0.5) is 0 Å². The first kappa shape index (κ1) is 18.4. The Bertz CT molecular complexity index is 1040. The van der Waals surface area contributed by atoms with Crippen LogP contribution in [0.1, 0.15) is 36.0 Å². The molecule has 0 amide bonds. The molecule has 2 heterocycles. The molecule has 2 aromatic carbocycles. The number of ether oxygens (including phenoxy) is 1. The highest BCUT2D eigenvalue weighted by Gasteiger charge is 2.38. The Morgan fingerprint density at radius 1 is 1.18 bits per heavy atom. The zero-order chi connectivity index (χ0) is 19.8. The number of carboxylic acids is 1. The minimum Gasteiger partial charge on any atom is -0.497 e. The minimum atomic E-state index is -0.932. The molecule has 7 heteroatoms. The van der Waals surface area contributed by atoms with Gasteiger partial charge in [0, 0.05) is 16.1 Å². The van der Waals surface area contributed by atoms with Crippen LogP contribution in [-0.4, -0.2) is 41.4 Å². The van der Waals surface area contributed by atoms with Gasteiger partial charge in [-0.25, -0.2) is 0 Å². The van der Waals surface area contributed by atoms with Crippen molar-refractivity contribution in [1.82, 2.24) is 0 Å². The molecule has 0 radical (unpaired) electrons. The Morgan fingerprint density at radius 3 is 2.61 bits per heavy atom. The van der Waals surface area contributed by atoms with Gasteiger partial charge in [0.1, 0.15) is 11.8 Å². The summed E-state index contributed by atoms with van der Waals surface area (Å²) in [5, 5.41) is 18.6. The second kappa shape index (κ2) is 7.20. The topological polar surface area (TPSA) is 83.6 Å². The van der Waals surface area contributed by atoms with Gasteiger partial charge in [-0.1, -0.05) is 29.8 Å². The van der Waals surface area contributed by atoms with Crippen LogP contribution in [0.2, 0.25) is 5.02 Å². The van der Waals surface area contributed by atoms with E-state index in [9.17, 15) is 9.90 Å². The molecule has 1 N–H and O–H groups in total. The van der Waals surface area contributed by atoms with Gasteiger partial charge >= 0.3 is 5.97 Å². The molecule has 142 valence electrons. The molecule has 4 rings (SSSR count). The first-order valence-electron chi connectivity index (χ1n) is 8.83.